The Bertz CT molecular complexity index is 634. The molecule has 2 rings (SSSR count). The van der Waals surface area contributed by atoms with Crippen molar-refractivity contribution < 1.29 is 14.3 Å². The van der Waals surface area contributed by atoms with Crippen LogP contribution in [0.4, 0.5) is 0 Å². The van der Waals surface area contributed by atoms with E-state index in [1.807, 2.05) is 36.7 Å². The highest BCUT2D eigenvalue weighted by molar-refractivity contribution is 5.82. The SMILES string of the molecule is CCCC(C(=O)OCC)c1nc2cc(OC)ccc2n1C. The third kappa shape index (κ3) is 3.01. The van der Waals surface area contributed by atoms with Crippen LogP contribution in [0, 0.1) is 0 Å². The minimum atomic E-state index is -0.321. The van der Waals surface area contributed by atoms with E-state index in [9.17, 15) is 4.79 Å². The first-order valence-corrected chi connectivity index (χ1v) is 7.29. The van der Waals surface area contributed by atoms with Crippen LogP contribution in [0.25, 0.3) is 11.0 Å². The molecule has 1 unspecified atom stereocenters. The number of fused-ring (bicyclic) bond motifs is 1. The number of rotatable bonds is 6. The molecule has 0 fully saturated rings. The molecule has 0 saturated carbocycles. The molecule has 0 aliphatic heterocycles. The molecule has 5 nitrogen and oxygen atoms in total. The molecule has 0 saturated heterocycles. The number of hydrogen-bond acceptors (Lipinski definition) is 4. The lowest BCUT2D eigenvalue weighted by Gasteiger charge is -2.14. The fourth-order valence-electron chi connectivity index (χ4n) is 2.52. The van der Waals surface area contributed by atoms with Crippen LogP contribution < -0.4 is 4.74 Å². The van der Waals surface area contributed by atoms with Crippen molar-refractivity contribution in [1.29, 1.82) is 0 Å². The first-order chi connectivity index (χ1) is 10.1. The second kappa shape index (κ2) is 6.61. The van der Waals surface area contributed by atoms with E-state index in [-0.39, 0.29) is 11.9 Å². The number of carbonyl (C=O) groups excluding carboxylic acids is 1. The van der Waals surface area contributed by atoms with Crippen LogP contribution in [0.1, 0.15) is 38.4 Å². The highest BCUT2D eigenvalue weighted by Gasteiger charge is 2.26. The van der Waals surface area contributed by atoms with Crippen molar-refractivity contribution in [2.24, 2.45) is 7.05 Å². The van der Waals surface area contributed by atoms with Gasteiger partial charge in [-0.1, -0.05) is 13.3 Å². The van der Waals surface area contributed by atoms with E-state index in [0.29, 0.717) is 6.61 Å². The van der Waals surface area contributed by atoms with E-state index >= 15 is 0 Å². The smallest absolute Gasteiger partial charge is 0.316 e. The molecule has 5 heteroatoms. The third-order valence-electron chi connectivity index (χ3n) is 3.58. The van der Waals surface area contributed by atoms with Gasteiger partial charge in [-0.15, -0.1) is 0 Å². The second-order valence-corrected chi connectivity index (χ2v) is 4.98. The standard InChI is InChI=1S/C16H22N2O3/c1-5-7-12(16(19)21-6-2)15-17-13-10-11(20-4)8-9-14(13)18(15)3/h8-10,12H,5-7H2,1-4H3. The summed E-state index contributed by atoms with van der Waals surface area (Å²) in [5, 5.41) is 0. The zero-order valence-electron chi connectivity index (χ0n) is 13.0. The number of benzene rings is 1. The van der Waals surface area contributed by atoms with Gasteiger partial charge < -0.3 is 14.0 Å². The number of hydrogen-bond donors (Lipinski definition) is 0. The lowest BCUT2D eigenvalue weighted by Crippen LogP contribution is -2.19. The number of aryl methyl sites for hydroxylation is 1. The van der Waals surface area contributed by atoms with Crippen LogP contribution in [-0.4, -0.2) is 29.2 Å². The maximum Gasteiger partial charge on any atom is 0.316 e. The zero-order chi connectivity index (χ0) is 15.4. The van der Waals surface area contributed by atoms with Crippen molar-refractivity contribution in [3.8, 4) is 5.75 Å². The predicted octanol–water partition coefficient (Wildman–Crippen LogP) is 3.03. The van der Waals surface area contributed by atoms with E-state index in [1.54, 1.807) is 7.11 Å². The minimum Gasteiger partial charge on any atom is -0.497 e. The Hall–Kier alpha value is -2.04. The van der Waals surface area contributed by atoms with Gasteiger partial charge in [0.25, 0.3) is 0 Å². The molecule has 1 aromatic carbocycles. The molecule has 1 heterocycles. The Balaban J connectivity index is 2.47. The summed E-state index contributed by atoms with van der Waals surface area (Å²) in [6.45, 7) is 4.26. The summed E-state index contributed by atoms with van der Waals surface area (Å²) in [5.41, 5.74) is 1.81. The summed E-state index contributed by atoms with van der Waals surface area (Å²) < 4.78 is 12.4. The van der Waals surface area contributed by atoms with Crippen molar-refractivity contribution in [2.75, 3.05) is 13.7 Å². The van der Waals surface area contributed by atoms with Gasteiger partial charge in [0.1, 0.15) is 17.5 Å². The van der Waals surface area contributed by atoms with E-state index in [1.165, 1.54) is 0 Å². The molecule has 0 N–H and O–H groups in total. The maximum atomic E-state index is 12.2. The number of methoxy groups -OCH3 is 1. The predicted molar refractivity (Wildman–Crippen MR) is 81.5 cm³/mol. The van der Waals surface area contributed by atoms with Gasteiger partial charge in [0.15, 0.2) is 0 Å². The fraction of sp³-hybridized carbons (Fsp3) is 0.500. The molecule has 0 aliphatic rings. The highest BCUT2D eigenvalue weighted by atomic mass is 16.5. The summed E-state index contributed by atoms with van der Waals surface area (Å²) in [7, 11) is 3.56. The van der Waals surface area contributed by atoms with Gasteiger partial charge in [0, 0.05) is 13.1 Å². The average molecular weight is 290 g/mol. The number of carbonyl (C=O) groups is 1. The topological polar surface area (TPSA) is 53.4 Å². The molecule has 0 bridgehead atoms. The van der Waals surface area contributed by atoms with Crippen molar-refractivity contribution >= 4 is 17.0 Å². The Morgan fingerprint density at radius 2 is 2.14 bits per heavy atom. The maximum absolute atomic E-state index is 12.2. The molecule has 0 amide bonds. The Morgan fingerprint density at radius 3 is 2.76 bits per heavy atom. The number of aromatic nitrogens is 2. The first-order valence-electron chi connectivity index (χ1n) is 7.29. The Morgan fingerprint density at radius 1 is 1.38 bits per heavy atom. The molecule has 114 valence electrons. The van der Waals surface area contributed by atoms with Gasteiger partial charge in [-0.25, -0.2) is 4.98 Å². The van der Waals surface area contributed by atoms with Crippen LogP contribution >= 0.6 is 0 Å². The van der Waals surface area contributed by atoms with Crippen LogP contribution in [0.5, 0.6) is 5.75 Å². The normalized spacial score (nSPS) is 12.4. The van der Waals surface area contributed by atoms with Gasteiger partial charge in [-0.2, -0.15) is 0 Å². The molecular weight excluding hydrogens is 268 g/mol. The molecule has 1 atom stereocenters. The van der Waals surface area contributed by atoms with Gasteiger partial charge in [0.2, 0.25) is 0 Å². The van der Waals surface area contributed by atoms with Crippen LogP contribution in [0.3, 0.4) is 0 Å². The minimum absolute atomic E-state index is 0.204. The third-order valence-corrected chi connectivity index (χ3v) is 3.58. The second-order valence-electron chi connectivity index (χ2n) is 4.98. The summed E-state index contributed by atoms with van der Waals surface area (Å²) in [6.07, 6.45) is 1.63. The Labute approximate surface area is 124 Å². The Kier molecular flexibility index (Phi) is 4.83. The van der Waals surface area contributed by atoms with Crippen molar-refractivity contribution in [3.05, 3.63) is 24.0 Å². The quantitative estimate of drug-likeness (QED) is 0.767. The summed E-state index contributed by atoms with van der Waals surface area (Å²) in [6, 6.07) is 5.73. The van der Waals surface area contributed by atoms with E-state index in [4.69, 9.17) is 9.47 Å². The zero-order valence-corrected chi connectivity index (χ0v) is 13.0. The van der Waals surface area contributed by atoms with Gasteiger partial charge in [-0.3, -0.25) is 4.79 Å². The van der Waals surface area contributed by atoms with E-state index in [2.05, 4.69) is 11.9 Å². The molecule has 0 spiro atoms. The van der Waals surface area contributed by atoms with E-state index < -0.39 is 0 Å². The van der Waals surface area contributed by atoms with Gasteiger partial charge >= 0.3 is 5.97 Å². The van der Waals surface area contributed by atoms with Gasteiger partial charge in [0.05, 0.1) is 24.8 Å². The van der Waals surface area contributed by atoms with Crippen molar-refractivity contribution in [1.82, 2.24) is 9.55 Å². The summed E-state index contributed by atoms with van der Waals surface area (Å²) >= 11 is 0. The lowest BCUT2D eigenvalue weighted by molar-refractivity contribution is -0.145. The number of esters is 1. The van der Waals surface area contributed by atoms with Crippen molar-refractivity contribution in [3.63, 3.8) is 0 Å². The molecule has 0 radical (unpaired) electrons. The monoisotopic (exact) mass is 290 g/mol. The van der Waals surface area contributed by atoms with E-state index in [0.717, 1.165) is 35.4 Å². The molecule has 1 aromatic heterocycles. The molecular formula is C16H22N2O3. The van der Waals surface area contributed by atoms with Crippen LogP contribution in [0.2, 0.25) is 0 Å². The average Bonchev–Trinajstić information content (AvgIpc) is 2.81. The number of imidazole rings is 1. The summed E-state index contributed by atoms with van der Waals surface area (Å²) in [5.74, 6) is 0.983. The van der Waals surface area contributed by atoms with Gasteiger partial charge in [-0.05, 0) is 25.5 Å². The van der Waals surface area contributed by atoms with Crippen LogP contribution in [-0.2, 0) is 16.6 Å². The van der Waals surface area contributed by atoms with Crippen LogP contribution in [0.15, 0.2) is 18.2 Å². The number of nitrogens with zero attached hydrogens (tertiary/aromatic N) is 2. The van der Waals surface area contributed by atoms with Crippen molar-refractivity contribution in [2.45, 2.75) is 32.6 Å². The first kappa shape index (κ1) is 15.4. The summed E-state index contributed by atoms with van der Waals surface area (Å²) in [4.78, 5) is 16.8. The molecule has 2 aromatic rings. The number of ether oxygens (including phenoxy) is 2. The largest absolute Gasteiger partial charge is 0.497 e. The highest BCUT2D eigenvalue weighted by Crippen LogP contribution is 2.27. The lowest BCUT2D eigenvalue weighted by atomic mass is 10.0. The fourth-order valence-corrected chi connectivity index (χ4v) is 2.52. The molecule has 0 aliphatic carbocycles. The molecule has 21 heavy (non-hydrogen) atoms.